The van der Waals surface area contributed by atoms with E-state index < -0.39 is 0 Å². The van der Waals surface area contributed by atoms with Crippen LogP contribution >= 0.6 is 0 Å². The Kier molecular flexibility index (Phi) is 4.63. The van der Waals surface area contributed by atoms with Crippen molar-refractivity contribution in [1.29, 1.82) is 0 Å². The van der Waals surface area contributed by atoms with Crippen molar-refractivity contribution in [2.24, 2.45) is 5.73 Å². The molecule has 4 heterocycles. The van der Waals surface area contributed by atoms with E-state index in [1.807, 2.05) is 48.8 Å². The Hall–Kier alpha value is -3.45. The number of rotatable bonds is 4. The first-order valence-corrected chi connectivity index (χ1v) is 10.5. The Morgan fingerprint density at radius 1 is 1.19 bits per heavy atom. The summed E-state index contributed by atoms with van der Waals surface area (Å²) in [6.45, 7) is 8.36. The molecule has 5 rings (SSSR count). The SMILES string of the molecule is Cc1cnccc1-c1nc2ncccn2c1-c1ccc2c(c1)N(CC(C)(C)N)CCO2. The van der Waals surface area contributed by atoms with Gasteiger partial charge in [-0.3, -0.25) is 9.38 Å². The lowest BCUT2D eigenvalue weighted by molar-refractivity contribution is 0.302. The van der Waals surface area contributed by atoms with Gasteiger partial charge in [-0.15, -0.1) is 0 Å². The summed E-state index contributed by atoms with van der Waals surface area (Å²) in [6, 6.07) is 10.2. The van der Waals surface area contributed by atoms with Crippen LogP contribution in [0.5, 0.6) is 5.75 Å². The van der Waals surface area contributed by atoms with E-state index in [-0.39, 0.29) is 5.54 Å². The number of nitrogens with zero attached hydrogens (tertiary/aromatic N) is 5. The summed E-state index contributed by atoms with van der Waals surface area (Å²) in [5, 5.41) is 0. The maximum absolute atomic E-state index is 6.34. The van der Waals surface area contributed by atoms with Crippen molar-refractivity contribution in [2.45, 2.75) is 26.3 Å². The van der Waals surface area contributed by atoms with Crippen LogP contribution in [0.4, 0.5) is 5.69 Å². The monoisotopic (exact) mass is 414 g/mol. The van der Waals surface area contributed by atoms with E-state index in [1.54, 1.807) is 12.4 Å². The second-order valence-electron chi connectivity index (χ2n) is 8.73. The largest absolute Gasteiger partial charge is 0.490 e. The standard InChI is InChI=1S/C24H26N6O/c1-16-14-26-9-7-18(16)21-22(30-10-4-8-27-23(30)28-21)17-5-6-20-19(13-17)29(11-12-31-20)15-24(2,3)25/h4-10,13-14H,11-12,15,25H2,1-3H3. The van der Waals surface area contributed by atoms with Gasteiger partial charge in [-0.05, 0) is 56.7 Å². The fourth-order valence-corrected chi connectivity index (χ4v) is 4.17. The Bertz CT molecular complexity index is 1260. The van der Waals surface area contributed by atoms with Crippen LogP contribution in [0.25, 0.3) is 28.3 Å². The molecule has 3 aromatic heterocycles. The minimum absolute atomic E-state index is 0.308. The highest BCUT2D eigenvalue weighted by Gasteiger charge is 2.25. The smallest absolute Gasteiger partial charge is 0.234 e. The second kappa shape index (κ2) is 7.35. The fourth-order valence-electron chi connectivity index (χ4n) is 4.17. The topological polar surface area (TPSA) is 81.6 Å². The summed E-state index contributed by atoms with van der Waals surface area (Å²) < 4.78 is 7.98. The second-order valence-corrected chi connectivity index (χ2v) is 8.73. The van der Waals surface area contributed by atoms with Gasteiger partial charge in [0.2, 0.25) is 5.78 Å². The molecule has 0 bridgehead atoms. The summed E-state index contributed by atoms with van der Waals surface area (Å²) in [7, 11) is 0. The van der Waals surface area contributed by atoms with Gasteiger partial charge in [-0.2, -0.15) is 0 Å². The molecule has 0 unspecified atom stereocenters. The molecular formula is C24H26N6O. The first-order chi connectivity index (χ1) is 14.9. The normalized spacial score (nSPS) is 13.9. The molecule has 1 aromatic carbocycles. The van der Waals surface area contributed by atoms with Crippen molar-refractivity contribution in [3.05, 3.63) is 60.7 Å². The molecule has 4 aromatic rings. The van der Waals surface area contributed by atoms with Gasteiger partial charge in [-0.25, -0.2) is 9.97 Å². The van der Waals surface area contributed by atoms with Gasteiger partial charge in [0, 0.05) is 48.0 Å². The summed E-state index contributed by atoms with van der Waals surface area (Å²) in [5.41, 5.74) is 12.1. The molecule has 0 saturated heterocycles. The number of pyridine rings is 1. The number of hydrogen-bond acceptors (Lipinski definition) is 6. The molecule has 1 aliphatic heterocycles. The quantitative estimate of drug-likeness (QED) is 0.548. The summed E-state index contributed by atoms with van der Waals surface area (Å²) in [5.74, 6) is 1.55. The molecule has 7 nitrogen and oxygen atoms in total. The average molecular weight is 415 g/mol. The zero-order valence-electron chi connectivity index (χ0n) is 18.0. The molecule has 0 atom stereocenters. The predicted molar refractivity (Wildman–Crippen MR) is 122 cm³/mol. The van der Waals surface area contributed by atoms with Crippen molar-refractivity contribution in [2.75, 3.05) is 24.6 Å². The predicted octanol–water partition coefficient (Wildman–Crippen LogP) is 3.70. The summed E-state index contributed by atoms with van der Waals surface area (Å²) >= 11 is 0. The molecule has 7 heteroatoms. The lowest BCUT2D eigenvalue weighted by atomic mass is 10.0. The number of hydrogen-bond donors (Lipinski definition) is 1. The van der Waals surface area contributed by atoms with E-state index >= 15 is 0 Å². The molecule has 1 aliphatic rings. The molecule has 2 N–H and O–H groups in total. The van der Waals surface area contributed by atoms with Gasteiger partial charge in [0.25, 0.3) is 0 Å². The molecular weight excluding hydrogens is 388 g/mol. The molecule has 0 saturated carbocycles. The zero-order chi connectivity index (χ0) is 21.6. The van der Waals surface area contributed by atoms with E-state index in [1.165, 1.54) is 0 Å². The Balaban J connectivity index is 1.71. The van der Waals surface area contributed by atoms with Gasteiger partial charge in [0.05, 0.1) is 23.6 Å². The minimum Gasteiger partial charge on any atom is -0.490 e. The number of imidazole rings is 1. The van der Waals surface area contributed by atoms with Crippen LogP contribution < -0.4 is 15.4 Å². The number of aromatic nitrogens is 4. The number of benzene rings is 1. The number of aryl methyl sites for hydroxylation is 1. The first kappa shape index (κ1) is 19.5. The van der Waals surface area contributed by atoms with Crippen molar-refractivity contribution in [1.82, 2.24) is 19.4 Å². The first-order valence-electron chi connectivity index (χ1n) is 10.5. The lowest BCUT2D eigenvalue weighted by Gasteiger charge is -2.36. The van der Waals surface area contributed by atoms with E-state index in [4.69, 9.17) is 15.5 Å². The third-order valence-corrected chi connectivity index (χ3v) is 5.47. The van der Waals surface area contributed by atoms with Crippen molar-refractivity contribution in [3.8, 4) is 28.3 Å². The third-order valence-electron chi connectivity index (χ3n) is 5.47. The van der Waals surface area contributed by atoms with Crippen LogP contribution in [0.1, 0.15) is 19.4 Å². The molecule has 0 fully saturated rings. The Morgan fingerprint density at radius 2 is 2.06 bits per heavy atom. The maximum atomic E-state index is 6.34. The number of anilines is 1. The van der Waals surface area contributed by atoms with Crippen LogP contribution in [0.3, 0.4) is 0 Å². The van der Waals surface area contributed by atoms with Crippen LogP contribution in [-0.2, 0) is 0 Å². The Morgan fingerprint density at radius 3 is 2.87 bits per heavy atom. The van der Waals surface area contributed by atoms with Gasteiger partial charge >= 0.3 is 0 Å². The third kappa shape index (κ3) is 3.61. The average Bonchev–Trinajstić information content (AvgIpc) is 3.12. The molecule has 158 valence electrons. The summed E-state index contributed by atoms with van der Waals surface area (Å²) in [6.07, 6.45) is 7.43. The highest BCUT2D eigenvalue weighted by molar-refractivity contribution is 5.84. The number of fused-ring (bicyclic) bond motifs is 2. The van der Waals surface area contributed by atoms with Crippen LogP contribution in [0.15, 0.2) is 55.1 Å². The van der Waals surface area contributed by atoms with Crippen molar-refractivity contribution in [3.63, 3.8) is 0 Å². The van der Waals surface area contributed by atoms with E-state index in [9.17, 15) is 0 Å². The van der Waals surface area contributed by atoms with E-state index in [2.05, 4.69) is 33.9 Å². The molecule has 0 radical (unpaired) electrons. The molecule has 0 amide bonds. The minimum atomic E-state index is -0.308. The molecule has 31 heavy (non-hydrogen) atoms. The highest BCUT2D eigenvalue weighted by atomic mass is 16.5. The molecule has 0 aliphatic carbocycles. The summed E-state index contributed by atoms with van der Waals surface area (Å²) in [4.78, 5) is 15.9. The van der Waals surface area contributed by atoms with Crippen LogP contribution in [0.2, 0.25) is 0 Å². The Labute approximate surface area is 181 Å². The van der Waals surface area contributed by atoms with Gasteiger partial charge in [0.1, 0.15) is 12.4 Å². The zero-order valence-corrected chi connectivity index (χ0v) is 18.0. The fraction of sp³-hybridized carbons (Fsp3) is 0.292. The van der Waals surface area contributed by atoms with Crippen LogP contribution in [0, 0.1) is 6.92 Å². The van der Waals surface area contributed by atoms with E-state index in [0.717, 1.165) is 52.6 Å². The van der Waals surface area contributed by atoms with Crippen molar-refractivity contribution >= 4 is 11.5 Å². The highest BCUT2D eigenvalue weighted by Crippen LogP contribution is 2.39. The number of ether oxygens (including phenoxy) is 1. The number of nitrogens with two attached hydrogens (primary N) is 1. The van der Waals surface area contributed by atoms with Crippen molar-refractivity contribution < 1.29 is 4.74 Å². The van der Waals surface area contributed by atoms with Gasteiger partial charge in [-0.1, -0.05) is 0 Å². The maximum Gasteiger partial charge on any atom is 0.234 e. The molecule has 0 spiro atoms. The van der Waals surface area contributed by atoms with Crippen LogP contribution in [-0.4, -0.2) is 44.6 Å². The lowest BCUT2D eigenvalue weighted by Crippen LogP contribution is -2.47. The van der Waals surface area contributed by atoms with Gasteiger partial charge < -0.3 is 15.4 Å². The van der Waals surface area contributed by atoms with Gasteiger partial charge in [0.15, 0.2) is 0 Å². The van der Waals surface area contributed by atoms with E-state index in [0.29, 0.717) is 12.4 Å².